The van der Waals surface area contributed by atoms with Crippen LogP contribution in [0.25, 0.3) is 0 Å². The third kappa shape index (κ3) is 5.15. The number of halogens is 2. The molecule has 2 aromatic rings. The van der Waals surface area contributed by atoms with Crippen molar-refractivity contribution < 1.29 is 23.6 Å². The maximum atomic E-state index is 12.7. The van der Waals surface area contributed by atoms with Crippen molar-refractivity contribution in [2.45, 2.75) is 0 Å². The Labute approximate surface area is 145 Å². The van der Waals surface area contributed by atoms with Crippen LogP contribution in [-0.4, -0.2) is 23.3 Å². The standard InChI is InChI=1S/C15H11ClFN3O5/c16-13-6-3-10(20(23)24)7-12(13)15(22)19-18-14(21)8-25-11-4-1-9(17)2-5-11/h1-7H,8H2,(H,18,21)(H,19,22). The third-order valence-corrected chi connectivity index (χ3v) is 3.23. The molecule has 0 heterocycles. The van der Waals surface area contributed by atoms with Gasteiger partial charge in [-0.1, -0.05) is 11.6 Å². The van der Waals surface area contributed by atoms with Crippen LogP contribution in [0.1, 0.15) is 10.4 Å². The van der Waals surface area contributed by atoms with Crippen molar-refractivity contribution in [2.24, 2.45) is 0 Å². The molecule has 2 rings (SSSR count). The van der Waals surface area contributed by atoms with Gasteiger partial charge in [0.05, 0.1) is 15.5 Å². The van der Waals surface area contributed by atoms with Crippen LogP contribution in [0.2, 0.25) is 5.02 Å². The molecular formula is C15H11ClFN3O5. The molecule has 2 amide bonds. The van der Waals surface area contributed by atoms with Gasteiger partial charge in [0.1, 0.15) is 11.6 Å². The predicted molar refractivity (Wildman–Crippen MR) is 85.6 cm³/mol. The van der Waals surface area contributed by atoms with Crippen LogP contribution in [0.3, 0.4) is 0 Å². The van der Waals surface area contributed by atoms with E-state index in [1.165, 1.54) is 30.3 Å². The van der Waals surface area contributed by atoms with Crippen molar-refractivity contribution in [3.8, 4) is 5.75 Å². The number of nitro groups is 1. The maximum absolute atomic E-state index is 12.7. The summed E-state index contributed by atoms with van der Waals surface area (Å²) in [6, 6.07) is 8.34. The van der Waals surface area contributed by atoms with Gasteiger partial charge in [0.25, 0.3) is 17.5 Å². The fourth-order valence-corrected chi connectivity index (χ4v) is 1.91. The van der Waals surface area contributed by atoms with Crippen molar-refractivity contribution in [1.29, 1.82) is 0 Å². The molecule has 0 aliphatic carbocycles. The molecule has 0 aromatic heterocycles. The molecule has 0 bridgehead atoms. The molecule has 2 N–H and O–H groups in total. The zero-order chi connectivity index (χ0) is 18.4. The second-order valence-electron chi connectivity index (χ2n) is 4.67. The second-order valence-corrected chi connectivity index (χ2v) is 5.07. The summed E-state index contributed by atoms with van der Waals surface area (Å²) in [5.41, 5.74) is 3.65. The van der Waals surface area contributed by atoms with Crippen LogP contribution < -0.4 is 15.6 Å². The van der Waals surface area contributed by atoms with Crippen molar-refractivity contribution in [1.82, 2.24) is 10.9 Å². The number of hydrogen-bond donors (Lipinski definition) is 2. The molecule has 0 aliphatic heterocycles. The van der Waals surface area contributed by atoms with Crippen LogP contribution in [0.15, 0.2) is 42.5 Å². The number of nitrogens with zero attached hydrogens (tertiary/aromatic N) is 1. The molecule has 0 saturated heterocycles. The van der Waals surface area contributed by atoms with E-state index in [0.717, 1.165) is 12.1 Å². The molecule has 8 nitrogen and oxygen atoms in total. The number of benzene rings is 2. The summed E-state index contributed by atoms with van der Waals surface area (Å²) >= 11 is 5.81. The molecule has 0 saturated carbocycles. The highest BCUT2D eigenvalue weighted by molar-refractivity contribution is 6.34. The third-order valence-electron chi connectivity index (χ3n) is 2.90. The number of ether oxygens (including phenoxy) is 1. The number of non-ortho nitro benzene ring substituents is 1. The average molecular weight is 368 g/mol. The topological polar surface area (TPSA) is 111 Å². The normalized spacial score (nSPS) is 10.0. The number of hydrogen-bond acceptors (Lipinski definition) is 5. The van der Waals surface area contributed by atoms with E-state index in [1.807, 2.05) is 0 Å². The molecular weight excluding hydrogens is 357 g/mol. The van der Waals surface area contributed by atoms with Gasteiger partial charge in [-0.05, 0) is 30.3 Å². The van der Waals surface area contributed by atoms with Gasteiger partial charge in [0.2, 0.25) is 0 Å². The van der Waals surface area contributed by atoms with Gasteiger partial charge >= 0.3 is 0 Å². The van der Waals surface area contributed by atoms with Gasteiger partial charge in [0.15, 0.2) is 6.61 Å². The number of amides is 2. The van der Waals surface area contributed by atoms with Crippen molar-refractivity contribution in [3.63, 3.8) is 0 Å². The number of carbonyl (C=O) groups excluding carboxylic acids is 2. The summed E-state index contributed by atoms with van der Waals surface area (Å²) in [4.78, 5) is 33.6. The first-order valence-corrected chi connectivity index (χ1v) is 7.16. The number of hydrazine groups is 1. The van der Waals surface area contributed by atoms with E-state index >= 15 is 0 Å². The van der Waals surface area contributed by atoms with Gasteiger partial charge in [-0.15, -0.1) is 0 Å². The van der Waals surface area contributed by atoms with Gasteiger partial charge in [-0.2, -0.15) is 0 Å². The Morgan fingerprint density at radius 1 is 1.16 bits per heavy atom. The van der Waals surface area contributed by atoms with Crippen LogP contribution in [0.4, 0.5) is 10.1 Å². The van der Waals surface area contributed by atoms with E-state index in [1.54, 1.807) is 0 Å². The number of nitrogens with one attached hydrogen (secondary N) is 2. The summed E-state index contributed by atoms with van der Waals surface area (Å²) in [5.74, 6) is -1.70. The fraction of sp³-hybridized carbons (Fsp3) is 0.0667. The van der Waals surface area contributed by atoms with Gasteiger partial charge in [0, 0.05) is 12.1 Å². The second kappa shape index (κ2) is 8.06. The van der Waals surface area contributed by atoms with E-state index in [9.17, 15) is 24.1 Å². The number of nitro benzene ring substituents is 1. The first kappa shape index (κ1) is 18.1. The van der Waals surface area contributed by atoms with E-state index < -0.39 is 29.2 Å². The predicted octanol–water partition coefficient (Wildman–Crippen LogP) is 2.23. The van der Waals surface area contributed by atoms with Crippen LogP contribution in [0.5, 0.6) is 5.75 Å². The van der Waals surface area contributed by atoms with Gasteiger partial charge in [-0.25, -0.2) is 4.39 Å². The Morgan fingerprint density at radius 2 is 1.84 bits per heavy atom. The lowest BCUT2D eigenvalue weighted by molar-refractivity contribution is -0.384. The van der Waals surface area contributed by atoms with E-state index in [-0.39, 0.29) is 22.0 Å². The summed E-state index contributed by atoms with van der Waals surface area (Å²) < 4.78 is 17.8. The van der Waals surface area contributed by atoms with E-state index in [0.29, 0.717) is 0 Å². The SMILES string of the molecule is O=C(COc1ccc(F)cc1)NNC(=O)c1cc([N+](=O)[O-])ccc1Cl. The fourth-order valence-electron chi connectivity index (χ4n) is 1.71. The van der Waals surface area contributed by atoms with Gasteiger partial charge in [-0.3, -0.25) is 30.6 Å². The van der Waals surface area contributed by atoms with Crippen LogP contribution in [0, 0.1) is 15.9 Å². The van der Waals surface area contributed by atoms with Crippen molar-refractivity contribution >= 4 is 29.1 Å². The zero-order valence-electron chi connectivity index (χ0n) is 12.5. The molecule has 25 heavy (non-hydrogen) atoms. The molecule has 0 fully saturated rings. The average Bonchev–Trinajstić information content (AvgIpc) is 2.59. The Morgan fingerprint density at radius 3 is 2.48 bits per heavy atom. The quantitative estimate of drug-likeness (QED) is 0.622. The minimum atomic E-state index is -0.830. The summed E-state index contributed by atoms with van der Waals surface area (Å²) in [6.07, 6.45) is 0. The largest absolute Gasteiger partial charge is 0.484 e. The minimum Gasteiger partial charge on any atom is -0.484 e. The summed E-state index contributed by atoms with van der Waals surface area (Å²) in [5, 5.41) is 10.7. The smallest absolute Gasteiger partial charge is 0.276 e. The summed E-state index contributed by atoms with van der Waals surface area (Å²) in [6.45, 7) is -0.436. The van der Waals surface area contributed by atoms with Crippen LogP contribution in [-0.2, 0) is 4.79 Å². The van der Waals surface area contributed by atoms with Crippen molar-refractivity contribution in [3.05, 3.63) is 69.0 Å². The Kier molecular flexibility index (Phi) is 5.85. The first-order chi connectivity index (χ1) is 11.9. The monoisotopic (exact) mass is 367 g/mol. The van der Waals surface area contributed by atoms with Crippen LogP contribution >= 0.6 is 11.6 Å². The summed E-state index contributed by atoms with van der Waals surface area (Å²) in [7, 11) is 0. The number of carbonyl (C=O) groups is 2. The molecule has 0 spiro atoms. The highest BCUT2D eigenvalue weighted by Crippen LogP contribution is 2.21. The first-order valence-electron chi connectivity index (χ1n) is 6.78. The molecule has 2 aromatic carbocycles. The highest BCUT2D eigenvalue weighted by Gasteiger charge is 2.16. The lowest BCUT2D eigenvalue weighted by atomic mass is 10.2. The lowest BCUT2D eigenvalue weighted by Gasteiger charge is -2.09. The zero-order valence-corrected chi connectivity index (χ0v) is 13.2. The lowest BCUT2D eigenvalue weighted by Crippen LogP contribution is -2.43. The molecule has 0 radical (unpaired) electrons. The molecule has 130 valence electrons. The highest BCUT2D eigenvalue weighted by atomic mass is 35.5. The molecule has 0 unspecified atom stereocenters. The Hall–Kier alpha value is -3.20. The Bertz CT molecular complexity index is 813. The Balaban J connectivity index is 1.89. The molecule has 0 atom stereocenters. The molecule has 0 aliphatic rings. The van der Waals surface area contributed by atoms with Gasteiger partial charge < -0.3 is 4.74 Å². The van der Waals surface area contributed by atoms with E-state index in [4.69, 9.17) is 16.3 Å². The number of rotatable bonds is 5. The van der Waals surface area contributed by atoms with Crippen molar-refractivity contribution in [2.75, 3.05) is 6.61 Å². The molecule has 10 heteroatoms. The van der Waals surface area contributed by atoms with E-state index in [2.05, 4.69) is 10.9 Å². The maximum Gasteiger partial charge on any atom is 0.276 e. The minimum absolute atomic E-state index is 0.0140.